The number of nitrogens with one attached hydrogen (secondary N) is 2. The van der Waals surface area contributed by atoms with Crippen LogP contribution in [0.3, 0.4) is 0 Å². The van der Waals surface area contributed by atoms with Gasteiger partial charge in [-0.2, -0.15) is 0 Å². The quantitative estimate of drug-likeness (QED) is 0.324. The van der Waals surface area contributed by atoms with E-state index < -0.39 is 23.4 Å². The fraction of sp³-hybridized carbons (Fsp3) is 0.200. The van der Waals surface area contributed by atoms with E-state index in [1.165, 1.54) is 18.2 Å². The van der Waals surface area contributed by atoms with E-state index in [4.69, 9.17) is 16.3 Å². The SMILES string of the molecule is O=C(COC(=O)CCCc1c[nH]c2ccccc12)Nc1cc(Cl)ccc1[N+](=O)[O-]. The number of aromatic nitrogens is 1. The van der Waals surface area contributed by atoms with Crippen molar-refractivity contribution in [2.45, 2.75) is 19.3 Å². The molecule has 0 saturated carbocycles. The molecular formula is C20H18ClN3O5. The van der Waals surface area contributed by atoms with E-state index in [1.807, 2.05) is 30.5 Å². The first-order valence-electron chi connectivity index (χ1n) is 8.88. The molecular weight excluding hydrogens is 398 g/mol. The van der Waals surface area contributed by atoms with Crippen molar-refractivity contribution in [3.05, 3.63) is 69.4 Å². The highest BCUT2D eigenvalue weighted by Gasteiger charge is 2.17. The van der Waals surface area contributed by atoms with Crippen molar-refractivity contribution >= 4 is 45.8 Å². The lowest BCUT2D eigenvalue weighted by Crippen LogP contribution is -2.21. The number of halogens is 1. The lowest BCUT2D eigenvalue weighted by atomic mass is 10.1. The van der Waals surface area contributed by atoms with Gasteiger partial charge < -0.3 is 15.0 Å². The molecule has 150 valence electrons. The molecule has 0 unspecified atom stereocenters. The Morgan fingerprint density at radius 1 is 1.21 bits per heavy atom. The molecule has 0 bridgehead atoms. The number of rotatable bonds is 8. The van der Waals surface area contributed by atoms with Crippen LogP contribution in [0.25, 0.3) is 10.9 Å². The summed E-state index contributed by atoms with van der Waals surface area (Å²) in [5.41, 5.74) is 1.80. The fourth-order valence-corrected chi connectivity index (χ4v) is 3.11. The third-order valence-electron chi connectivity index (χ3n) is 4.30. The summed E-state index contributed by atoms with van der Waals surface area (Å²) in [6.07, 6.45) is 3.34. The van der Waals surface area contributed by atoms with E-state index in [0.717, 1.165) is 16.5 Å². The lowest BCUT2D eigenvalue weighted by Gasteiger charge is -2.07. The normalized spacial score (nSPS) is 10.7. The van der Waals surface area contributed by atoms with Crippen molar-refractivity contribution in [1.82, 2.24) is 4.98 Å². The van der Waals surface area contributed by atoms with Crippen molar-refractivity contribution < 1.29 is 19.2 Å². The van der Waals surface area contributed by atoms with Gasteiger partial charge in [0.15, 0.2) is 6.61 Å². The van der Waals surface area contributed by atoms with Crippen LogP contribution in [0.5, 0.6) is 0 Å². The second-order valence-electron chi connectivity index (χ2n) is 6.34. The Labute approximate surface area is 171 Å². The molecule has 3 aromatic rings. The van der Waals surface area contributed by atoms with E-state index >= 15 is 0 Å². The molecule has 0 saturated heterocycles. The molecule has 9 heteroatoms. The van der Waals surface area contributed by atoms with Crippen LogP contribution in [0.4, 0.5) is 11.4 Å². The summed E-state index contributed by atoms with van der Waals surface area (Å²) in [4.78, 5) is 37.4. The van der Waals surface area contributed by atoms with Crippen LogP contribution >= 0.6 is 11.6 Å². The third-order valence-corrected chi connectivity index (χ3v) is 4.53. The number of carbonyl (C=O) groups is 2. The van der Waals surface area contributed by atoms with Crippen molar-refractivity contribution in [1.29, 1.82) is 0 Å². The first-order valence-corrected chi connectivity index (χ1v) is 9.26. The molecule has 29 heavy (non-hydrogen) atoms. The molecule has 2 N–H and O–H groups in total. The minimum atomic E-state index is -0.680. The van der Waals surface area contributed by atoms with Crippen molar-refractivity contribution in [2.24, 2.45) is 0 Å². The molecule has 8 nitrogen and oxygen atoms in total. The van der Waals surface area contributed by atoms with E-state index in [9.17, 15) is 19.7 Å². The predicted octanol–water partition coefficient (Wildman–Crippen LogP) is 4.23. The van der Waals surface area contributed by atoms with Gasteiger partial charge in [-0.1, -0.05) is 29.8 Å². The average Bonchev–Trinajstić information content (AvgIpc) is 3.09. The Balaban J connectivity index is 1.45. The molecule has 2 aromatic carbocycles. The van der Waals surface area contributed by atoms with Crippen molar-refractivity contribution in [3.8, 4) is 0 Å². The standard InChI is InChI=1S/C20H18ClN3O5/c21-14-8-9-18(24(27)28)17(10-14)23-19(25)12-29-20(26)7-3-4-13-11-22-16-6-2-1-5-15(13)16/h1-2,5-6,8-11,22H,3-4,7,12H2,(H,23,25). The number of anilines is 1. The zero-order valence-electron chi connectivity index (χ0n) is 15.3. The minimum Gasteiger partial charge on any atom is -0.456 e. The summed E-state index contributed by atoms with van der Waals surface area (Å²) < 4.78 is 4.95. The summed E-state index contributed by atoms with van der Waals surface area (Å²) in [7, 11) is 0. The number of ether oxygens (including phenoxy) is 1. The Morgan fingerprint density at radius 3 is 2.79 bits per heavy atom. The lowest BCUT2D eigenvalue weighted by molar-refractivity contribution is -0.383. The highest BCUT2D eigenvalue weighted by molar-refractivity contribution is 6.31. The molecule has 0 atom stereocenters. The minimum absolute atomic E-state index is 0.0529. The van der Waals surface area contributed by atoms with E-state index in [-0.39, 0.29) is 22.8 Å². The maximum absolute atomic E-state index is 12.0. The average molecular weight is 416 g/mol. The van der Waals surface area contributed by atoms with Crippen molar-refractivity contribution in [3.63, 3.8) is 0 Å². The Morgan fingerprint density at radius 2 is 2.00 bits per heavy atom. The Hall–Kier alpha value is -3.39. The maximum atomic E-state index is 12.0. The molecule has 0 aliphatic carbocycles. The van der Waals surface area contributed by atoms with Gasteiger partial charge in [0.05, 0.1) is 4.92 Å². The van der Waals surface area contributed by atoms with Crippen LogP contribution in [-0.4, -0.2) is 28.4 Å². The highest BCUT2D eigenvalue weighted by atomic mass is 35.5. The predicted molar refractivity (Wildman–Crippen MR) is 109 cm³/mol. The fourth-order valence-electron chi connectivity index (χ4n) is 2.93. The number of fused-ring (bicyclic) bond motifs is 1. The van der Waals surface area contributed by atoms with E-state index in [2.05, 4.69) is 10.3 Å². The zero-order valence-corrected chi connectivity index (χ0v) is 16.1. The molecule has 0 aliphatic rings. The molecule has 1 heterocycles. The first kappa shape index (κ1) is 20.3. The number of aromatic amines is 1. The van der Waals surface area contributed by atoms with Gasteiger partial charge in [-0.3, -0.25) is 19.7 Å². The van der Waals surface area contributed by atoms with E-state index in [0.29, 0.717) is 12.8 Å². The molecule has 0 spiro atoms. The summed E-state index contributed by atoms with van der Waals surface area (Å²) in [6.45, 7) is -0.532. The smallest absolute Gasteiger partial charge is 0.306 e. The second-order valence-corrected chi connectivity index (χ2v) is 6.78. The Kier molecular flexibility index (Phi) is 6.46. The van der Waals surface area contributed by atoms with Crippen LogP contribution in [0.1, 0.15) is 18.4 Å². The van der Waals surface area contributed by atoms with Gasteiger partial charge in [0.25, 0.3) is 11.6 Å². The number of aryl methyl sites for hydroxylation is 1. The van der Waals surface area contributed by atoms with E-state index in [1.54, 1.807) is 0 Å². The van der Waals surface area contributed by atoms with Gasteiger partial charge in [-0.05, 0) is 36.6 Å². The maximum Gasteiger partial charge on any atom is 0.306 e. The van der Waals surface area contributed by atoms with Gasteiger partial charge in [0.2, 0.25) is 0 Å². The number of nitrogens with zero attached hydrogens (tertiary/aromatic N) is 1. The van der Waals surface area contributed by atoms with Crippen LogP contribution in [0.15, 0.2) is 48.7 Å². The second kappa shape index (κ2) is 9.20. The number of H-pyrrole nitrogens is 1. The van der Waals surface area contributed by atoms with Gasteiger partial charge >= 0.3 is 5.97 Å². The number of para-hydroxylation sites is 1. The Bertz CT molecular complexity index is 1060. The number of amides is 1. The number of hydrogen-bond donors (Lipinski definition) is 2. The summed E-state index contributed by atoms with van der Waals surface area (Å²) in [5.74, 6) is -1.19. The molecule has 1 aromatic heterocycles. The van der Waals surface area contributed by atoms with Gasteiger partial charge in [0.1, 0.15) is 5.69 Å². The van der Waals surface area contributed by atoms with Crippen LogP contribution < -0.4 is 5.32 Å². The zero-order chi connectivity index (χ0) is 20.8. The number of nitro groups is 1. The first-order chi connectivity index (χ1) is 13.9. The topological polar surface area (TPSA) is 114 Å². The summed E-state index contributed by atoms with van der Waals surface area (Å²) in [5, 5.41) is 14.7. The van der Waals surface area contributed by atoms with Crippen LogP contribution in [0.2, 0.25) is 5.02 Å². The van der Waals surface area contributed by atoms with Gasteiger partial charge in [-0.25, -0.2) is 0 Å². The number of esters is 1. The molecule has 3 rings (SSSR count). The molecule has 0 fully saturated rings. The highest BCUT2D eigenvalue weighted by Crippen LogP contribution is 2.27. The number of carbonyl (C=O) groups excluding carboxylic acids is 2. The number of nitro benzene ring substituents is 1. The number of benzene rings is 2. The summed E-state index contributed by atoms with van der Waals surface area (Å²) in [6, 6.07) is 11.7. The van der Waals surface area contributed by atoms with Crippen LogP contribution in [-0.2, 0) is 20.7 Å². The molecule has 0 radical (unpaired) electrons. The monoisotopic (exact) mass is 415 g/mol. The molecule has 1 amide bonds. The third kappa shape index (κ3) is 5.32. The van der Waals surface area contributed by atoms with Gasteiger partial charge in [-0.15, -0.1) is 0 Å². The number of hydrogen-bond acceptors (Lipinski definition) is 5. The molecule has 0 aliphatic heterocycles. The largest absolute Gasteiger partial charge is 0.456 e. The summed E-state index contributed by atoms with van der Waals surface area (Å²) >= 11 is 5.81. The van der Waals surface area contributed by atoms with Crippen LogP contribution in [0, 0.1) is 10.1 Å². The van der Waals surface area contributed by atoms with Gasteiger partial charge in [0, 0.05) is 34.6 Å². The van der Waals surface area contributed by atoms with Crippen molar-refractivity contribution in [2.75, 3.05) is 11.9 Å².